The number of nitrogens with zero attached hydrogens (tertiary/aromatic N) is 2. The van der Waals surface area contributed by atoms with E-state index >= 15 is 0 Å². The van der Waals surface area contributed by atoms with Crippen LogP contribution in [0.5, 0.6) is 0 Å². The van der Waals surface area contributed by atoms with Crippen molar-refractivity contribution in [1.82, 2.24) is 9.97 Å². The highest BCUT2D eigenvalue weighted by atomic mass is 19.1. The Morgan fingerprint density at radius 3 is 2.53 bits per heavy atom. The van der Waals surface area contributed by atoms with E-state index in [0.29, 0.717) is 12.0 Å². The molecule has 4 atom stereocenters. The van der Waals surface area contributed by atoms with Crippen molar-refractivity contribution in [2.45, 2.75) is 37.4 Å². The molecule has 1 aromatic carbocycles. The lowest BCUT2D eigenvalue weighted by Gasteiger charge is -2.43. The third-order valence-electron chi connectivity index (χ3n) is 6.75. The highest BCUT2D eigenvalue weighted by Crippen LogP contribution is 2.44. The summed E-state index contributed by atoms with van der Waals surface area (Å²) in [6.07, 6.45) is 1.84. The minimum absolute atomic E-state index is 0.0330. The van der Waals surface area contributed by atoms with E-state index in [9.17, 15) is 32.6 Å². The summed E-state index contributed by atoms with van der Waals surface area (Å²) in [5, 5.41) is 23.4. The fourth-order valence-corrected chi connectivity index (χ4v) is 4.64. The van der Waals surface area contributed by atoms with Crippen LogP contribution in [0.15, 0.2) is 42.7 Å². The van der Waals surface area contributed by atoms with E-state index in [4.69, 9.17) is 5.73 Å². The van der Waals surface area contributed by atoms with Gasteiger partial charge in [0.1, 0.15) is 29.6 Å². The number of alkyl halides is 1. The van der Waals surface area contributed by atoms with Gasteiger partial charge in [-0.25, -0.2) is 22.5 Å². The molecule has 1 amide bonds. The first-order valence-corrected chi connectivity index (χ1v) is 11.2. The van der Waals surface area contributed by atoms with Gasteiger partial charge in [0, 0.05) is 12.3 Å². The molecule has 0 spiro atoms. The van der Waals surface area contributed by atoms with Crippen molar-refractivity contribution in [2.75, 3.05) is 17.7 Å². The average molecular weight is 504 g/mol. The number of carbonyl (C=O) groups excluding carboxylic acids is 1. The molecule has 5 N–H and O–H groups in total. The van der Waals surface area contributed by atoms with E-state index < -0.39 is 64.6 Å². The van der Waals surface area contributed by atoms with Crippen LogP contribution in [0.25, 0.3) is 11.3 Å². The van der Waals surface area contributed by atoms with E-state index in [2.05, 4.69) is 15.3 Å². The smallest absolute Gasteiger partial charge is 0.276 e. The van der Waals surface area contributed by atoms with E-state index in [1.165, 1.54) is 12.4 Å². The maximum Gasteiger partial charge on any atom is 0.276 e. The van der Waals surface area contributed by atoms with Crippen LogP contribution in [0.2, 0.25) is 0 Å². The van der Waals surface area contributed by atoms with Gasteiger partial charge in [-0.15, -0.1) is 0 Å². The Morgan fingerprint density at radius 2 is 1.89 bits per heavy atom. The van der Waals surface area contributed by atoms with E-state index in [-0.39, 0.29) is 23.7 Å². The van der Waals surface area contributed by atoms with Crippen molar-refractivity contribution < 1.29 is 32.6 Å². The molecule has 36 heavy (non-hydrogen) atoms. The predicted molar refractivity (Wildman–Crippen MR) is 124 cm³/mol. The normalized spacial score (nSPS) is 23.9. The molecule has 4 rings (SSSR count). The minimum atomic E-state index is -1.86. The molecule has 3 aromatic rings. The number of aliphatic hydroxyl groups excluding tert-OH is 1. The van der Waals surface area contributed by atoms with Crippen molar-refractivity contribution in [3.05, 3.63) is 71.4 Å². The number of anilines is 2. The van der Waals surface area contributed by atoms with Crippen LogP contribution in [-0.4, -0.2) is 44.5 Å². The summed E-state index contributed by atoms with van der Waals surface area (Å²) in [5.41, 5.74) is 2.44. The van der Waals surface area contributed by atoms with Crippen molar-refractivity contribution in [3.8, 4) is 11.3 Å². The van der Waals surface area contributed by atoms with Gasteiger partial charge in [0.2, 0.25) is 0 Å². The van der Waals surface area contributed by atoms with Crippen molar-refractivity contribution in [3.63, 3.8) is 0 Å². The number of aromatic nitrogens is 2. The third-order valence-corrected chi connectivity index (χ3v) is 6.75. The Labute approximate surface area is 204 Å². The topological polar surface area (TPSA) is 121 Å². The number of amides is 1. The Kier molecular flexibility index (Phi) is 6.96. The van der Waals surface area contributed by atoms with Crippen LogP contribution in [-0.2, 0) is 0 Å². The summed E-state index contributed by atoms with van der Waals surface area (Å²) in [6, 6.07) is 5.34. The average Bonchev–Trinajstić information content (AvgIpc) is 2.83. The highest BCUT2D eigenvalue weighted by molar-refractivity contribution is 6.07. The molecule has 1 fully saturated rings. The molecule has 2 aromatic heterocycles. The van der Waals surface area contributed by atoms with Gasteiger partial charge in [-0.05, 0) is 48.4 Å². The van der Waals surface area contributed by atoms with Gasteiger partial charge in [-0.2, -0.15) is 0 Å². The second kappa shape index (κ2) is 9.82. The van der Waals surface area contributed by atoms with Gasteiger partial charge < -0.3 is 21.3 Å². The summed E-state index contributed by atoms with van der Waals surface area (Å²) in [6.45, 7) is 0.531. The van der Waals surface area contributed by atoms with Crippen LogP contribution in [0.4, 0.5) is 28.9 Å². The highest BCUT2D eigenvalue weighted by Gasteiger charge is 2.47. The molecule has 11 heteroatoms. The molecule has 2 heterocycles. The fourth-order valence-electron chi connectivity index (χ4n) is 4.64. The number of aliphatic hydroxyl groups is 2. The molecule has 7 nitrogen and oxygen atoms in total. The zero-order chi connectivity index (χ0) is 26.2. The summed E-state index contributed by atoms with van der Waals surface area (Å²) in [4.78, 5) is 20.9. The van der Waals surface area contributed by atoms with Crippen molar-refractivity contribution in [2.24, 2.45) is 5.92 Å². The van der Waals surface area contributed by atoms with Crippen molar-refractivity contribution >= 4 is 17.3 Å². The summed E-state index contributed by atoms with van der Waals surface area (Å²) in [7, 11) is 0. The largest absolute Gasteiger partial charge is 0.397 e. The quantitative estimate of drug-likeness (QED) is 0.390. The number of carbonyl (C=O) groups is 1. The number of hydrogen-bond donors (Lipinski definition) is 4. The first-order valence-electron chi connectivity index (χ1n) is 11.2. The van der Waals surface area contributed by atoms with Gasteiger partial charge in [-0.3, -0.25) is 9.78 Å². The van der Waals surface area contributed by atoms with E-state index in [1.807, 2.05) is 0 Å². The second-order valence-electron chi connectivity index (χ2n) is 8.98. The standard InChI is InChI=1S/C25H24F4N4O3/c1-12-7-13(8-20(34)25(12,36)11-26)14-5-6-31-10-19(14)32-24(35)23-18(30)9-17(29)22(33-23)21-15(27)3-2-4-16(21)28/h2-6,9-10,12-13,20,34,36H,7-8,11,30H2,1H3,(H,32,35)/t12-,13+,20+,25+/m1/s1. The SMILES string of the molecule is C[C@@H]1C[C@H](c2ccncc2NC(=O)c2nc(-c3c(F)cccc3F)c(F)cc2N)C[C@H](O)[C@]1(O)CF. The van der Waals surface area contributed by atoms with Gasteiger partial charge in [-0.1, -0.05) is 13.0 Å². The maximum absolute atomic E-state index is 14.6. The zero-order valence-corrected chi connectivity index (χ0v) is 19.2. The molecule has 0 aliphatic heterocycles. The molecule has 1 aliphatic rings. The second-order valence-corrected chi connectivity index (χ2v) is 8.98. The molecule has 0 radical (unpaired) electrons. The Hall–Kier alpha value is -3.57. The van der Waals surface area contributed by atoms with Gasteiger partial charge >= 0.3 is 0 Å². The fraction of sp³-hybridized carbons (Fsp3) is 0.320. The van der Waals surface area contributed by atoms with Crippen LogP contribution < -0.4 is 11.1 Å². The lowest BCUT2D eigenvalue weighted by atomic mass is 9.68. The van der Waals surface area contributed by atoms with Gasteiger partial charge in [0.05, 0.1) is 29.2 Å². The molecule has 0 unspecified atom stereocenters. The summed E-state index contributed by atoms with van der Waals surface area (Å²) in [5.74, 6) is -5.07. The number of nitrogens with one attached hydrogen (secondary N) is 1. The first kappa shape index (κ1) is 25.5. The van der Waals surface area contributed by atoms with E-state index in [0.717, 1.165) is 24.3 Å². The van der Waals surface area contributed by atoms with Crippen LogP contribution >= 0.6 is 0 Å². The van der Waals surface area contributed by atoms with Gasteiger partial charge in [0.25, 0.3) is 5.91 Å². The zero-order valence-electron chi connectivity index (χ0n) is 19.2. The molecule has 1 saturated carbocycles. The number of hydrogen-bond acceptors (Lipinski definition) is 6. The molecule has 0 saturated heterocycles. The lowest BCUT2D eigenvalue weighted by Crippen LogP contribution is -2.53. The Bertz CT molecular complexity index is 1270. The molecule has 0 bridgehead atoms. The molecular formula is C25H24F4N4O3. The maximum atomic E-state index is 14.6. The minimum Gasteiger partial charge on any atom is -0.397 e. The summed E-state index contributed by atoms with van der Waals surface area (Å²) >= 11 is 0. The summed E-state index contributed by atoms with van der Waals surface area (Å²) < 4.78 is 56.5. The molecule has 1 aliphatic carbocycles. The molecular weight excluding hydrogens is 480 g/mol. The molecule has 190 valence electrons. The number of benzene rings is 1. The monoisotopic (exact) mass is 504 g/mol. The predicted octanol–water partition coefficient (Wildman–Crippen LogP) is 3.97. The van der Waals surface area contributed by atoms with Crippen LogP contribution in [0.3, 0.4) is 0 Å². The van der Waals surface area contributed by atoms with Gasteiger partial charge in [0.15, 0.2) is 11.5 Å². The lowest BCUT2D eigenvalue weighted by molar-refractivity contribution is -0.146. The number of pyridine rings is 2. The van der Waals surface area contributed by atoms with Crippen LogP contribution in [0.1, 0.15) is 41.7 Å². The Morgan fingerprint density at radius 1 is 1.19 bits per heavy atom. The van der Waals surface area contributed by atoms with E-state index in [1.54, 1.807) is 13.0 Å². The Balaban J connectivity index is 1.66. The number of nitrogens with two attached hydrogens (primary N) is 1. The number of rotatable bonds is 5. The third kappa shape index (κ3) is 4.51. The first-order chi connectivity index (χ1) is 17.1. The number of nitrogen functional groups attached to an aromatic ring is 1. The van der Waals surface area contributed by atoms with Crippen molar-refractivity contribution in [1.29, 1.82) is 0 Å². The van der Waals surface area contributed by atoms with Crippen LogP contribution in [0, 0.1) is 23.4 Å². The number of halogens is 4.